The Morgan fingerprint density at radius 3 is 2.39 bits per heavy atom. The number of nitrogens with one attached hydrogen (secondary N) is 3. The van der Waals surface area contributed by atoms with Crippen molar-refractivity contribution in [1.82, 2.24) is 15.4 Å². The summed E-state index contributed by atoms with van der Waals surface area (Å²) < 4.78 is 31.2. The van der Waals surface area contributed by atoms with Crippen molar-refractivity contribution < 1.29 is 17.9 Å². The van der Waals surface area contributed by atoms with Crippen LogP contribution in [0.2, 0.25) is 0 Å². The topological polar surface area (TPSA) is 96.5 Å². The van der Waals surface area contributed by atoms with Crippen LogP contribution in [-0.2, 0) is 14.8 Å². The van der Waals surface area contributed by atoms with Crippen LogP contribution in [0.25, 0.3) is 0 Å². The van der Waals surface area contributed by atoms with Gasteiger partial charge in [-0.25, -0.2) is 13.1 Å². The molecule has 7 nitrogen and oxygen atoms in total. The van der Waals surface area contributed by atoms with Crippen LogP contribution in [0.3, 0.4) is 0 Å². The first-order valence-corrected chi connectivity index (χ1v) is 9.07. The number of benzene rings is 1. The SMILES string of the molecule is CCCNCCNC(=O)c1ccc(S(=O)(=O)NCCOC)cc1. The molecule has 0 radical (unpaired) electrons. The number of carbonyl (C=O) groups is 1. The number of ether oxygens (including phenoxy) is 1. The molecule has 0 atom stereocenters. The van der Waals surface area contributed by atoms with E-state index in [1.807, 2.05) is 0 Å². The van der Waals surface area contributed by atoms with E-state index in [-0.39, 0.29) is 17.3 Å². The van der Waals surface area contributed by atoms with Gasteiger partial charge in [-0.2, -0.15) is 0 Å². The monoisotopic (exact) mass is 343 g/mol. The highest BCUT2D eigenvalue weighted by molar-refractivity contribution is 7.89. The van der Waals surface area contributed by atoms with E-state index < -0.39 is 10.0 Å². The summed E-state index contributed by atoms with van der Waals surface area (Å²) in [4.78, 5) is 12.0. The van der Waals surface area contributed by atoms with E-state index in [2.05, 4.69) is 22.3 Å². The summed E-state index contributed by atoms with van der Waals surface area (Å²) in [5.41, 5.74) is 0.427. The van der Waals surface area contributed by atoms with E-state index >= 15 is 0 Å². The molecule has 130 valence electrons. The molecule has 0 unspecified atom stereocenters. The number of sulfonamides is 1. The van der Waals surface area contributed by atoms with Gasteiger partial charge in [-0.05, 0) is 37.2 Å². The van der Waals surface area contributed by atoms with Gasteiger partial charge in [0.25, 0.3) is 5.91 Å². The quantitative estimate of drug-likeness (QED) is 0.504. The van der Waals surface area contributed by atoms with E-state index in [1.165, 1.54) is 31.4 Å². The van der Waals surface area contributed by atoms with Crippen LogP contribution in [0.1, 0.15) is 23.7 Å². The predicted molar refractivity (Wildman–Crippen MR) is 89.0 cm³/mol. The first-order chi connectivity index (χ1) is 11.0. The molecule has 23 heavy (non-hydrogen) atoms. The Morgan fingerprint density at radius 2 is 1.78 bits per heavy atom. The second-order valence-corrected chi connectivity index (χ2v) is 6.69. The fourth-order valence-corrected chi connectivity index (χ4v) is 2.83. The Kier molecular flexibility index (Phi) is 8.78. The molecule has 0 heterocycles. The number of amides is 1. The van der Waals surface area contributed by atoms with Crippen LogP contribution in [0.4, 0.5) is 0 Å². The summed E-state index contributed by atoms with van der Waals surface area (Å²) >= 11 is 0. The molecule has 0 fully saturated rings. The van der Waals surface area contributed by atoms with Gasteiger partial charge in [-0.15, -0.1) is 0 Å². The highest BCUT2D eigenvalue weighted by Crippen LogP contribution is 2.10. The van der Waals surface area contributed by atoms with Crippen molar-refractivity contribution in [1.29, 1.82) is 0 Å². The largest absolute Gasteiger partial charge is 0.383 e. The maximum Gasteiger partial charge on any atom is 0.251 e. The third-order valence-corrected chi connectivity index (χ3v) is 4.52. The van der Waals surface area contributed by atoms with Crippen LogP contribution in [0.15, 0.2) is 29.2 Å². The molecule has 0 aliphatic rings. The summed E-state index contributed by atoms with van der Waals surface area (Å²) in [5, 5.41) is 5.96. The Balaban J connectivity index is 2.53. The molecule has 1 aromatic carbocycles. The van der Waals surface area contributed by atoms with Gasteiger partial charge in [-0.1, -0.05) is 6.92 Å². The number of carbonyl (C=O) groups excluding carboxylic acids is 1. The molecule has 0 saturated carbocycles. The second kappa shape index (κ2) is 10.3. The van der Waals surface area contributed by atoms with Crippen molar-refractivity contribution in [2.75, 3.05) is 39.9 Å². The summed E-state index contributed by atoms with van der Waals surface area (Å²) in [7, 11) is -2.07. The van der Waals surface area contributed by atoms with Crippen molar-refractivity contribution in [3.05, 3.63) is 29.8 Å². The molecule has 1 aromatic rings. The van der Waals surface area contributed by atoms with E-state index in [1.54, 1.807) is 0 Å². The molecule has 8 heteroatoms. The van der Waals surface area contributed by atoms with Crippen LogP contribution < -0.4 is 15.4 Å². The summed E-state index contributed by atoms with van der Waals surface area (Å²) in [6.07, 6.45) is 1.04. The minimum absolute atomic E-state index is 0.120. The van der Waals surface area contributed by atoms with Gasteiger partial charge in [0.1, 0.15) is 0 Å². The lowest BCUT2D eigenvalue weighted by molar-refractivity contribution is 0.0954. The molecule has 1 rings (SSSR count). The van der Waals surface area contributed by atoms with Crippen LogP contribution in [0, 0.1) is 0 Å². The second-order valence-electron chi connectivity index (χ2n) is 4.92. The first-order valence-electron chi connectivity index (χ1n) is 7.59. The summed E-state index contributed by atoms with van der Waals surface area (Å²) in [5.74, 6) is -0.223. The lowest BCUT2D eigenvalue weighted by Gasteiger charge is -2.08. The number of hydrogen-bond donors (Lipinski definition) is 3. The molecule has 0 aromatic heterocycles. The predicted octanol–water partition coefficient (Wildman–Crippen LogP) is 0.341. The third kappa shape index (κ3) is 7.08. The lowest BCUT2D eigenvalue weighted by atomic mass is 10.2. The van der Waals surface area contributed by atoms with Crippen molar-refractivity contribution in [2.45, 2.75) is 18.2 Å². The molecular weight excluding hydrogens is 318 g/mol. The van der Waals surface area contributed by atoms with Crippen molar-refractivity contribution in [3.63, 3.8) is 0 Å². The zero-order valence-corrected chi connectivity index (χ0v) is 14.4. The van der Waals surface area contributed by atoms with Crippen LogP contribution in [-0.4, -0.2) is 54.2 Å². The van der Waals surface area contributed by atoms with Gasteiger partial charge in [-0.3, -0.25) is 4.79 Å². The molecule has 1 amide bonds. The molecule has 0 aliphatic heterocycles. The average molecular weight is 343 g/mol. The molecule has 0 saturated heterocycles. The Morgan fingerprint density at radius 1 is 1.09 bits per heavy atom. The van der Waals surface area contributed by atoms with Gasteiger partial charge in [0.2, 0.25) is 10.0 Å². The zero-order chi connectivity index (χ0) is 17.1. The molecule has 3 N–H and O–H groups in total. The molecule has 0 bridgehead atoms. The van der Waals surface area contributed by atoms with E-state index in [0.29, 0.717) is 25.3 Å². The van der Waals surface area contributed by atoms with Gasteiger partial charge in [0, 0.05) is 32.3 Å². The van der Waals surface area contributed by atoms with Gasteiger partial charge >= 0.3 is 0 Å². The highest BCUT2D eigenvalue weighted by Gasteiger charge is 2.14. The average Bonchev–Trinajstić information content (AvgIpc) is 2.55. The van der Waals surface area contributed by atoms with E-state index in [0.717, 1.165) is 13.0 Å². The minimum Gasteiger partial charge on any atom is -0.383 e. The maximum absolute atomic E-state index is 12.0. The number of hydrogen-bond acceptors (Lipinski definition) is 5. The first kappa shape index (κ1) is 19.6. The van der Waals surface area contributed by atoms with Crippen molar-refractivity contribution >= 4 is 15.9 Å². The lowest BCUT2D eigenvalue weighted by Crippen LogP contribution is -2.32. The van der Waals surface area contributed by atoms with Gasteiger partial charge in [0.15, 0.2) is 0 Å². The maximum atomic E-state index is 12.0. The normalized spacial score (nSPS) is 11.4. The van der Waals surface area contributed by atoms with Crippen molar-refractivity contribution in [3.8, 4) is 0 Å². The van der Waals surface area contributed by atoms with Crippen molar-refractivity contribution in [2.24, 2.45) is 0 Å². The Hall–Kier alpha value is -1.48. The number of rotatable bonds is 11. The Bertz CT molecular complexity index is 573. The van der Waals surface area contributed by atoms with E-state index in [4.69, 9.17) is 4.74 Å². The molecular formula is C15H25N3O4S. The Labute approximate surface area is 137 Å². The fourth-order valence-electron chi connectivity index (χ4n) is 1.82. The standard InChI is InChI=1S/C15H25N3O4S/c1-3-8-16-9-10-17-15(19)13-4-6-14(7-5-13)23(20,21)18-11-12-22-2/h4-7,16,18H,3,8-12H2,1-2H3,(H,17,19). The minimum atomic E-state index is -3.57. The molecule has 0 spiro atoms. The van der Waals surface area contributed by atoms with Crippen LogP contribution >= 0.6 is 0 Å². The summed E-state index contributed by atoms with van der Waals surface area (Å²) in [6.45, 7) is 4.72. The fraction of sp³-hybridized carbons (Fsp3) is 0.533. The third-order valence-electron chi connectivity index (χ3n) is 3.04. The van der Waals surface area contributed by atoms with E-state index in [9.17, 15) is 13.2 Å². The van der Waals surface area contributed by atoms with Gasteiger partial charge < -0.3 is 15.4 Å². The number of methoxy groups -OCH3 is 1. The zero-order valence-electron chi connectivity index (χ0n) is 13.6. The van der Waals surface area contributed by atoms with Crippen LogP contribution in [0.5, 0.6) is 0 Å². The highest BCUT2D eigenvalue weighted by atomic mass is 32.2. The van der Waals surface area contributed by atoms with Gasteiger partial charge in [0.05, 0.1) is 11.5 Å². The summed E-state index contributed by atoms with van der Waals surface area (Å²) in [6, 6.07) is 5.83. The smallest absolute Gasteiger partial charge is 0.251 e. The molecule has 0 aliphatic carbocycles.